The summed E-state index contributed by atoms with van der Waals surface area (Å²) >= 11 is 0. The third-order valence-corrected chi connectivity index (χ3v) is 5.76. The average Bonchev–Trinajstić information content (AvgIpc) is 2.62. The first-order chi connectivity index (χ1) is 8.84. The Balaban J connectivity index is 1.98. The molecule has 0 radical (unpaired) electrons. The Morgan fingerprint density at radius 3 is 2.53 bits per heavy atom. The molecule has 1 aromatic carbocycles. The highest BCUT2D eigenvalue weighted by Crippen LogP contribution is 2.43. The maximum absolute atomic E-state index is 12.5. The highest BCUT2D eigenvalue weighted by molar-refractivity contribution is 7.89. The number of hydrogen-bond donors (Lipinski definition) is 0. The predicted molar refractivity (Wildman–Crippen MR) is 68.0 cm³/mol. The van der Waals surface area contributed by atoms with Crippen molar-refractivity contribution >= 4 is 16.0 Å². The number of esters is 1. The van der Waals surface area contributed by atoms with E-state index in [-0.39, 0.29) is 4.90 Å². The van der Waals surface area contributed by atoms with Crippen molar-refractivity contribution in [1.29, 1.82) is 0 Å². The Kier molecular flexibility index (Phi) is 2.53. The normalized spacial score (nSPS) is 30.6. The highest BCUT2D eigenvalue weighted by Gasteiger charge is 2.63. The van der Waals surface area contributed by atoms with Gasteiger partial charge in [0, 0.05) is 13.0 Å². The number of ether oxygens (including phenoxy) is 1. The van der Waals surface area contributed by atoms with Gasteiger partial charge < -0.3 is 4.74 Å². The number of fused-ring (bicyclic) bond motifs is 1. The van der Waals surface area contributed by atoms with Gasteiger partial charge in [0.2, 0.25) is 10.0 Å². The Labute approximate surface area is 112 Å². The lowest BCUT2D eigenvalue weighted by atomic mass is 9.92. The van der Waals surface area contributed by atoms with Crippen molar-refractivity contribution in [3.63, 3.8) is 0 Å². The van der Waals surface area contributed by atoms with Crippen LogP contribution in [0, 0.1) is 6.92 Å². The molecule has 0 spiro atoms. The molecular weight excluding hydrogens is 266 g/mol. The number of benzene rings is 1. The summed E-state index contributed by atoms with van der Waals surface area (Å²) in [5.41, 5.74) is 0.350. The summed E-state index contributed by atoms with van der Waals surface area (Å²) in [6.45, 7) is 4.00. The van der Waals surface area contributed by atoms with E-state index in [1.54, 1.807) is 31.2 Å². The van der Waals surface area contributed by atoms with Crippen molar-refractivity contribution in [1.82, 2.24) is 4.31 Å². The summed E-state index contributed by atoms with van der Waals surface area (Å²) in [6, 6.07) is 5.98. The largest absolute Gasteiger partial charge is 0.456 e. The van der Waals surface area contributed by atoms with E-state index in [4.69, 9.17) is 4.74 Å². The molecule has 5 nitrogen and oxygen atoms in total. The van der Waals surface area contributed by atoms with Crippen molar-refractivity contribution in [3.8, 4) is 0 Å². The molecule has 0 aromatic heterocycles. The van der Waals surface area contributed by atoms with Crippen molar-refractivity contribution < 1.29 is 17.9 Å². The third-order valence-electron chi connectivity index (χ3n) is 3.88. The molecule has 0 bridgehead atoms. The van der Waals surface area contributed by atoms with E-state index in [0.717, 1.165) is 5.56 Å². The number of carbonyl (C=O) groups excluding carboxylic acids is 1. The van der Waals surface area contributed by atoms with Gasteiger partial charge in [-0.2, -0.15) is 4.31 Å². The minimum absolute atomic E-state index is 0.224. The van der Waals surface area contributed by atoms with Gasteiger partial charge in [0.15, 0.2) is 6.04 Å². The van der Waals surface area contributed by atoms with Crippen molar-refractivity contribution in [2.45, 2.75) is 36.8 Å². The summed E-state index contributed by atoms with van der Waals surface area (Å²) in [6.07, 6.45) is 0.550. The minimum atomic E-state index is -3.62. The van der Waals surface area contributed by atoms with E-state index in [9.17, 15) is 13.2 Å². The van der Waals surface area contributed by atoms with Crippen LogP contribution in [0.25, 0.3) is 0 Å². The lowest BCUT2D eigenvalue weighted by Crippen LogP contribution is -2.62. The third kappa shape index (κ3) is 1.70. The summed E-state index contributed by atoms with van der Waals surface area (Å²) < 4.78 is 31.4. The van der Waals surface area contributed by atoms with Gasteiger partial charge in [-0.3, -0.25) is 4.79 Å². The van der Waals surface area contributed by atoms with Crippen LogP contribution in [0.5, 0.6) is 0 Å². The van der Waals surface area contributed by atoms with Gasteiger partial charge in [-0.15, -0.1) is 0 Å². The van der Waals surface area contributed by atoms with E-state index < -0.39 is 27.6 Å². The summed E-state index contributed by atoms with van der Waals surface area (Å²) in [5, 5.41) is 0. The molecule has 2 heterocycles. The predicted octanol–water partition coefficient (Wildman–Crippen LogP) is 1.07. The van der Waals surface area contributed by atoms with E-state index >= 15 is 0 Å². The lowest BCUT2D eigenvalue weighted by Gasteiger charge is -2.41. The SMILES string of the molecule is Cc1ccc(S(=O)(=O)N2CC[C@@]3(C)OC(=O)[C@@H]23)cc1. The number of aryl methyl sites for hydroxylation is 1. The monoisotopic (exact) mass is 281 g/mol. The Bertz CT molecular complexity index is 637. The van der Waals surface area contributed by atoms with Crippen LogP contribution >= 0.6 is 0 Å². The van der Waals surface area contributed by atoms with Gasteiger partial charge >= 0.3 is 5.97 Å². The van der Waals surface area contributed by atoms with Crippen LogP contribution in [0.2, 0.25) is 0 Å². The fourth-order valence-electron chi connectivity index (χ4n) is 2.71. The van der Waals surface area contributed by atoms with Crippen LogP contribution in [-0.2, 0) is 19.6 Å². The number of rotatable bonds is 2. The number of sulfonamides is 1. The molecule has 0 aliphatic carbocycles. The molecule has 19 heavy (non-hydrogen) atoms. The zero-order chi connectivity index (χ0) is 13.8. The van der Waals surface area contributed by atoms with Crippen LogP contribution in [0.15, 0.2) is 29.2 Å². The van der Waals surface area contributed by atoms with E-state index in [1.165, 1.54) is 4.31 Å². The molecule has 0 saturated carbocycles. The summed E-state index contributed by atoms with van der Waals surface area (Å²) in [7, 11) is -3.62. The quantitative estimate of drug-likeness (QED) is 0.761. The molecule has 6 heteroatoms. The number of hydrogen-bond acceptors (Lipinski definition) is 4. The fourth-order valence-corrected chi connectivity index (χ4v) is 4.38. The van der Waals surface area contributed by atoms with Crippen LogP contribution < -0.4 is 0 Å². The second-order valence-electron chi connectivity index (χ2n) is 5.32. The van der Waals surface area contributed by atoms with E-state index in [0.29, 0.717) is 13.0 Å². The lowest BCUT2D eigenvalue weighted by molar-refractivity contribution is -0.195. The van der Waals surface area contributed by atoms with E-state index in [1.807, 2.05) is 6.92 Å². The van der Waals surface area contributed by atoms with Crippen molar-refractivity contribution in [3.05, 3.63) is 29.8 Å². The molecule has 102 valence electrons. The standard InChI is InChI=1S/C13H15NO4S/c1-9-3-5-10(6-4-9)19(16,17)14-8-7-13(2)11(14)12(15)18-13/h3-6,11H,7-8H2,1-2H3/t11-,13-/m1/s1. The first kappa shape index (κ1) is 12.6. The fraction of sp³-hybridized carbons (Fsp3) is 0.462. The van der Waals surface area contributed by atoms with Crippen molar-refractivity contribution in [2.24, 2.45) is 0 Å². The first-order valence-corrected chi connectivity index (χ1v) is 7.60. The first-order valence-electron chi connectivity index (χ1n) is 6.16. The topological polar surface area (TPSA) is 63.7 Å². The second kappa shape index (κ2) is 3.80. The maximum Gasteiger partial charge on any atom is 0.329 e. The van der Waals surface area contributed by atoms with Crippen LogP contribution in [0.1, 0.15) is 18.9 Å². The number of carbonyl (C=O) groups is 1. The molecule has 3 rings (SSSR count). The molecule has 2 aliphatic heterocycles. The van der Waals surface area contributed by atoms with Crippen LogP contribution in [0.3, 0.4) is 0 Å². The molecular formula is C13H15NO4S. The number of nitrogens with zero attached hydrogens (tertiary/aromatic N) is 1. The molecule has 0 amide bonds. The molecule has 2 atom stereocenters. The zero-order valence-electron chi connectivity index (χ0n) is 10.8. The minimum Gasteiger partial charge on any atom is -0.456 e. The Morgan fingerprint density at radius 2 is 1.95 bits per heavy atom. The second-order valence-corrected chi connectivity index (χ2v) is 7.21. The van der Waals surface area contributed by atoms with E-state index in [2.05, 4.69) is 0 Å². The van der Waals surface area contributed by atoms with Gasteiger partial charge in [-0.05, 0) is 26.0 Å². The van der Waals surface area contributed by atoms with Gasteiger partial charge in [0.25, 0.3) is 0 Å². The van der Waals surface area contributed by atoms with Gasteiger partial charge in [0.05, 0.1) is 4.90 Å². The maximum atomic E-state index is 12.5. The van der Waals surface area contributed by atoms with Crippen LogP contribution in [0.4, 0.5) is 0 Å². The van der Waals surface area contributed by atoms with Gasteiger partial charge in [-0.1, -0.05) is 17.7 Å². The summed E-state index contributed by atoms with van der Waals surface area (Å²) in [5.74, 6) is -0.448. The zero-order valence-corrected chi connectivity index (χ0v) is 11.6. The van der Waals surface area contributed by atoms with Gasteiger partial charge in [0.1, 0.15) is 5.60 Å². The Hall–Kier alpha value is -1.40. The smallest absolute Gasteiger partial charge is 0.329 e. The van der Waals surface area contributed by atoms with Crippen molar-refractivity contribution in [2.75, 3.05) is 6.54 Å². The molecule has 2 fully saturated rings. The van der Waals surface area contributed by atoms with Gasteiger partial charge in [-0.25, -0.2) is 8.42 Å². The molecule has 0 N–H and O–H groups in total. The molecule has 0 unspecified atom stereocenters. The average molecular weight is 281 g/mol. The Morgan fingerprint density at radius 1 is 1.32 bits per heavy atom. The summed E-state index contributed by atoms with van der Waals surface area (Å²) in [4.78, 5) is 11.8. The molecule has 1 aromatic rings. The van der Waals surface area contributed by atoms with Crippen LogP contribution in [-0.4, -0.2) is 36.9 Å². The highest BCUT2D eigenvalue weighted by atomic mass is 32.2. The molecule has 2 aliphatic rings. The molecule has 2 saturated heterocycles.